The predicted molar refractivity (Wildman–Crippen MR) is 102 cm³/mol. The lowest BCUT2D eigenvalue weighted by Crippen LogP contribution is -2.54. The minimum atomic E-state index is -1.84. The Balaban J connectivity index is 1.93. The number of aliphatic hydroxyl groups is 1. The molecule has 0 amide bonds. The standard InChI is InChI=1S/C21H22O8/c1-4-5-12-8-11-9-16(23)21(2,19(25)14(11)10-28-12)29-20(26)13-6-7-15(22)17(24)18(13)27-3/h4-8,16,22-24H,9-10H2,1-3H3. The number of rotatable bonds is 4. The molecule has 1 aromatic carbocycles. The van der Waals surface area contributed by atoms with Gasteiger partial charge in [-0.3, -0.25) is 4.79 Å². The maximum Gasteiger partial charge on any atom is 0.343 e. The number of phenols is 2. The number of methoxy groups -OCH3 is 1. The molecule has 2 atom stereocenters. The molecule has 29 heavy (non-hydrogen) atoms. The van der Waals surface area contributed by atoms with Crippen molar-refractivity contribution in [3.05, 3.63) is 52.8 Å². The van der Waals surface area contributed by atoms with E-state index in [4.69, 9.17) is 14.2 Å². The van der Waals surface area contributed by atoms with E-state index in [1.807, 2.05) is 6.92 Å². The molecule has 0 spiro atoms. The van der Waals surface area contributed by atoms with Crippen LogP contribution in [0.2, 0.25) is 0 Å². The van der Waals surface area contributed by atoms with Crippen LogP contribution in [0.1, 0.15) is 30.6 Å². The number of hydrogen-bond donors (Lipinski definition) is 3. The summed E-state index contributed by atoms with van der Waals surface area (Å²) in [5, 5.41) is 30.1. The van der Waals surface area contributed by atoms with Crippen molar-refractivity contribution in [2.45, 2.75) is 32.0 Å². The monoisotopic (exact) mass is 402 g/mol. The Kier molecular flexibility index (Phi) is 5.39. The number of aromatic hydroxyl groups is 2. The van der Waals surface area contributed by atoms with Gasteiger partial charge in [-0.05, 0) is 43.7 Å². The molecule has 1 aliphatic carbocycles. The first-order valence-corrected chi connectivity index (χ1v) is 8.97. The Bertz CT molecular complexity index is 956. The van der Waals surface area contributed by atoms with Gasteiger partial charge in [-0.1, -0.05) is 6.08 Å². The minimum Gasteiger partial charge on any atom is -0.504 e. The van der Waals surface area contributed by atoms with Crippen LogP contribution in [-0.4, -0.2) is 52.5 Å². The molecule has 3 N–H and O–H groups in total. The van der Waals surface area contributed by atoms with Crippen LogP contribution in [-0.2, 0) is 14.3 Å². The number of ether oxygens (including phenoxy) is 3. The van der Waals surface area contributed by atoms with E-state index in [0.29, 0.717) is 16.9 Å². The van der Waals surface area contributed by atoms with Gasteiger partial charge in [0.2, 0.25) is 11.5 Å². The molecule has 1 heterocycles. The maximum atomic E-state index is 13.1. The molecule has 0 aromatic heterocycles. The Labute approximate surface area is 167 Å². The zero-order chi connectivity index (χ0) is 21.3. The molecule has 154 valence electrons. The molecule has 3 rings (SSSR count). The van der Waals surface area contributed by atoms with Gasteiger partial charge in [-0.15, -0.1) is 0 Å². The lowest BCUT2D eigenvalue weighted by atomic mass is 9.77. The van der Waals surface area contributed by atoms with Gasteiger partial charge in [0, 0.05) is 12.0 Å². The molecular weight excluding hydrogens is 380 g/mol. The topological polar surface area (TPSA) is 123 Å². The van der Waals surface area contributed by atoms with E-state index >= 15 is 0 Å². The second kappa shape index (κ2) is 7.63. The van der Waals surface area contributed by atoms with Crippen molar-refractivity contribution in [1.29, 1.82) is 0 Å². The highest BCUT2D eigenvalue weighted by Gasteiger charge is 2.50. The number of carbonyl (C=O) groups excluding carboxylic acids is 2. The summed E-state index contributed by atoms with van der Waals surface area (Å²) in [4.78, 5) is 25.8. The third-order valence-corrected chi connectivity index (χ3v) is 5.03. The van der Waals surface area contributed by atoms with Crippen LogP contribution in [0.25, 0.3) is 0 Å². The minimum absolute atomic E-state index is 0.00746. The van der Waals surface area contributed by atoms with E-state index in [2.05, 4.69) is 0 Å². The Morgan fingerprint density at radius 2 is 2.07 bits per heavy atom. The van der Waals surface area contributed by atoms with Gasteiger partial charge in [0.05, 0.1) is 7.11 Å². The average molecular weight is 402 g/mol. The summed E-state index contributed by atoms with van der Waals surface area (Å²) < 4.78 is 15.9. The van der Waals surface area contributed by atoms with Crippen molar-refractivity contribution in [1.82, 2.24) is 0 Å². The second-order valence-electron chi connectivity index (χ2n) is 6.90. The predicted octanol–water partition coefficient (Wildman–Crippen LogP) is 2.14. The van der Waals surface area contributed by atoms with E-state index in [9.17, 15) is 24.9 Å². The normalized spacial score (nSPS) is 24.1. The molecular formula is C21H22O8. The highest BCUT2D eigenvalue weighted by molar-refractivity contribution is 6.07. The summed E-state index contributed by atoms with van der Waals surface area (Å²) in [6.07, 6.45) is 4.05. The molecule has 2 unspecified atom stereocenters. The zero-order valence-corrected chi connectivity index (χ0v) is 16.3. The van der Waals surface area contributed by atoms with Crippen molar-refractivity contribution in [3.63, 3.8) is 0 Å². The fourth-order valence-electron chi connectivity index (χ4n) is 3.35. The third kappa shape index (κ3) is 3.47. The molecule has 0 saturated heterocycles. The molecule has 1 aromatic rings. The Morgan fingerprint density at radius 1 is 1.34 bits per heavy atom. The van der Waals surface area contributed by atoms with Crippen LogP contribution in [0.4, 0.5) is 0 Å². The summed E-state index contributed by atoms with van der Waals surface area (Å²) in [6.45, 7) is 3.17. The Hall–Kier alpha value is -3.26. The van der Waals surface area contributed by atoms with Gasteiger partial charge in [0.1, 0.15) is 24.0 Å². The molecule has 8 nitrogen and oxygen atoms in total. The van der Waals surface area contributed by atoms with Gasteiger partial charge in [0.15, 0.2) is 17.1 Å². The Morgan fingerprint density at radius 3 is 2.72 bits per heavy atom. The van der Waals surface area contributed by atoms with E-state index in [1.54, 1.807) is 18.2 Å². The molecule has 0 radical (unpaired) electrons. The SMILES string of the molecule is CC=CC1=CC2=C(CO1)C(=O)C(C)(OC(=O)c1ccc(O)c(O)c1OC)C(O)C2. The van der Waals surface area contributed by atoms with Crippen molar-refractivity contribution in [2.75, 3.05) is 13.7 Å². The zero-order valence-electron chi connectivity index (χ0n) is 16.3. The van der Waals surface area contributed by atoms with Gasteiger partial charge in [-0.25, -0.2) is 4.79 Å². The first kappa shape index (κ1) is 20.5. The molecule has 0 saturated carbocycles. The number of carbonyl (C=O) groups is 2. The molecule has 0 bridgehead atoms. The number of ketones is 1. The number of aliphatic hydroxyl groups excluding tert-OH is 1. The fraction of sp³-hybridized carbons (Fsp3) is 0.333. The van der Waals surface area contributed by atoms with Crippen LogP contribution in [0, 0.1) is 0 Å². The largest absolute Gasteiger partial charge is 0.504 e. The van der Waals surface area contributed by atoms with Gasteiger partial charge in [0.25, 0.3) is 0 Å². The van der Waals surface area contributed by atoms with E-state index in [1.165, 1.54) is 20.1 Å². The number of hydrogen-bond acceptors (Lipinski definition) is 8. The summed E-state index contributed by atoms with van der Waals surface area (Å²) in [7, 11) is 1.21. The summed E-state index contributed by atoms with van der Waals surface area (Å²) in [5.74, 6) is -2.37. The second-order valence-corrected chi connectivity index (χ2v) is 6.90. The lowest BCUT2D eigenvalue weighted by Gasteiger charge is -2.39. The molecule has 8 heteroatoms. The van der Waals surface area contributed by atoms with E-state index in [-0.39, 0.29) is 24.3 Å². The lowest BCUT2D eigenvalue weighted by molar-refractivity contribution is -0.147. The van der Waals surface area contributed by atoms with Crippen molar-refractivity contribution in [3.8, 4) is 17.2 Å². The summed E-state index contributed by atoms with van der Waals surface area (Å²) in [5.41, 5.74) is -1.07. The molecule has 0 fully saturated rings. The molecule has 1 aliphatic heterocycles. The van der Waals surface area contributed by atoms with Crippen molar-refractivity contribution < 1.29 is 39.1 Å². The van der Waals surface area contributed by atoms with E-state index < -0.39 is 35.0 Å². The maximum absolute atomic E-state index is 13.1. The highest BCUT2D eigenvalue weighted by Crippen LogP contribution is 2.41. The molecule has 2 aliphatic rings. The number of benzene rings is 1. The number of esters is 1. The van der Waals surface area contributed by atoms with Gasteiger partial charge < -0.3 is 29.5 Å². The summed E-state index contributed by atoms with van der Waals surface area (Å²) >= 11 is 0. The van der Waals surface area contributed by atoms with Gasteiger partial charge >= 0.3 is 5.97 Å². The average Bonchev–Trinajstić information content (AvgIpc) is 2.68. The smallest absolute Gasteiger partial charge is 0.343 e. The van der Waals surface area contributed by atoms with E-state index in [0.717, 1.165) is 6.07 Å². The first-order chi connectivity index (χ1) is 13.7. The number of allylic oxidation sites excluding steroid dienone is 3. The fourth-order valence-corrected chi connectivity index (χ4v) is 3.35. The van der Waals surface area contributed by atoms with Crippen molar-refractivity contribution in [2.24, 2.45) is 0 Å². The van der Waals surface area contributed by atoms with Crippen LogP contribution in [0.5, 0.6) is 17.2 Å². The van der Waals surface area contributed by atoms with Crippen molar-refractivity contribution >= 4 is 11.8 Å². The van der Waals surface area contributed by atoms with Crippen LogP contribution in [0.3, 0.4) is 0 Å². The summed E-state index contributed by atoms with van der Waals surface area (Å²) in [6, 6.07) is 2.29. The third-order valence-electron chi connectivity index (χ3n) is 5.03. The number of phenolic OH excluding ortho intramolecular Hbond substituents is 2. The van der Waals surface area contributed by atoms with Crippen LogP contribution < -0.4 is 4.74 Å². The van der Waals surface area contributed by atoms with Crippen LogP contribution >= 0.6 is 0 Å². The van der Waals surface area contributed by atoms with Crippen LogP contribution in [0.15, 0.2) is 47.3 Å². The highest BCUT2D eigenvalue weighted by atomic mass is 16.6. The number of Topliss-reactive ketones (excluding diaryl/α,β-unsaturated/α-hetero) is 1. The quantitative estimate of drug-likeness (QED) is 0.517. The first-order valence-electron chi connectivity index (χ1n) is 8.97. The van der Waals surface area contributed by atoms with Gasteiger partial charge in [-0.2, -0.15) is 0 Å².